The van der Waals surface area contributed by atoms with Crippen molar-refractivity contribution >= 4 is 0 Å². The summed E-state index contributed by atoms with van der Waals surface area (Å²) >= 11 is 0. The van der Waals surface area contributed by atoms with Crippen molar-refractivity contribution in [2.45, 2.75) is 122 Å². The van der Waals surface area contributed by atoms with Crippen LogP contribution in [0.15, 0.2) is 0 Å². The lowest BCUT2D eigenvalue weighted by Crippen LogP contribution is -2.32. The molecule has 22 heavy (non-hydrogen) atoms. The van der Waals surface area contributed by atoms with Gasteiger partial charge >= 0.3 is 0 Å². The van der Waals surface area contributed by atoms with Gasteiger partial charge in [-0.25, -0.2) is 0 Å². The molecule has 0 saturated heterocycles. The molecule has 2 aliphatic rings. The molecule has 0 spiro atoms. The third-order valence-corrected chi connectivity index (χ3v) is 6.13. The molecule has 2 fully saturated rings. The SMILES string of the molecule is CCCCCC(O[C@H]1CC[C@H](CCC)CC1)C1CCCCC1. The molecule has 130 valence electrons. The van der Waals surface area contributed by atoms with E-state index in [1.165, 1.54) is 96.3 Å². The van der Waals surface area contributed by atoms with Crippen LogP contribution in [0.3, 0.4) is 0 Å². The van der Waals surface area contributed by atoms with Crippen LogP contribution in [0.1, 0.15) is 110 Å². The first kappa shape index (κ1) is 18.3. The van der Waals surface area contributed by atoms with Gasteiger partial charge in [-0.1, -0.05) is 65.2 Å². The molecule has 0 aromatic heterocycles. The normalized spacial score (nSPS) is 28.6. The van der Waals surface area contributed by atoms with Gasteiger partial charge in [0, 0.05) is 0 Å². The van der Waals surface area contributed by atoms with Gasteiger partial charge in [-0.15, -0.1) is 0 Å². The van der Waals surface area contributed by atoms with E-state index in [1.54, 1.807) is 0 Å². The lowest BCUT2D eigenvalue weighted by atomic mass is 9.82. The Balaban J connectivity index is 1.78. The van der Waals surface area contributed by atoms with Gasteiger partial charge in [0.25, 0.3) is 0 Å². The molecule has 1 atom stereocenters. The first-order valence-corrected chi connectivity index (χ1v) is 10.5. The smallest absolute Gasteiger partial charge is 0.0607 e. The lowest BCUT2D eigenvalue weighted by Gasteiger charge is -2.36. The van der Waals surface area contributed by atoms with Crippen molar-refractivity contribution in [3.8, 4) is 0 Å². The van der Waals surface area contributed by atoms with Crippen LogP contribution in [-0.2, 0) is 4.74 Å². The molecule has 0 N–H and O–H groups in total. The molecular weight excluding hydrogens is 268 g/mol. The summed E-state index contributed by atoms with van der Waals surface area (Å²) in [5, 5.41) is 0. The fraction of sp³-hybridized carbons (Fsp3) is 1.00. The monoisotopic (exact) mass is 308 g/mol. The largest absolute Gasteiger partial charge is 0.375 e. The highest BCUT2D eigenvalue weighted by molar-refractivity contribution is 4.79. The molecule has 2 aliphatic carbocycles. The molecule has 0 aromatic carbocycles. The molecule has 0 radical (unpaired) electrons. The highest BCUT2D eigenvalue weighted by Gasteiger charge is 2.28. The minimum absolute atomic E-state index is 0.583. The molecular formula is C21H40O. The first-order chi connectivity index (χ1) is 10.8. The number of unbranched alkanes of at least 4 members (excludes halogenated alkanes) is 2. The van der Waals surface area contributed by atoms with E-state index in [4.69, 9.17) is 4.74 Å². The zero-order valence-electron chi connectivity index (χ0n) is 15.3. The average molecular weight is 309 g/mol. The van der Waals surface area contributed by atoms with Crippen LogP contribution in [0.5, 0.6) is 0 Å². The summed E-state index contributed by atoms with van der Waals surface area (Å²) in [5.41, 5.74) is 0. The van der Waals surface area contributed by atoms with Gasteiger partial charge in [-0.2, -0.15) is 0 Å². The van der Waals surface area contributed by atoms with Crippen LogP contribution in [0, 0.1) is 11.8 Å². The van der Waals surface area contributed by atoms with Crippen LogP contribution in [0.2, 0.25) is 0 Å². The molecule has 2 saturated carbocycles. The molecule has 1 heteroatoms. The highest BCUT2D eigenvalue weighted by Crippen LogP contribution is 2.35. The van der Waals surface area contributed by atoms with Crippen molar-refractivity contribution in [3.63, 3.8) is 0 Å². The Morgan fingerprint density at radius 1 is 0.818 bits per heavy atom. The standard InChI is InChI=1S/C21H40O/c1-3-5-7-13-21(19-11-8-6-9-12-19)22-20-16-14-18(10-4-2)15-17-20/h18-21H,3-17H2,1-2H3/t18-,20-,21?. The quantitative estimate of drug-likeness (QED) is 0.421. The zero-order chi connectivity index (χ0) is 15.6. The molecule has 2 rings (SSSR count). The lowest BCUT2D eigenvalue weighted by molar-refractivity contribution is -0.0736. The summed E-state index contributed by atoms with van der Waals surface area (Å²) in [4.78, 5) is 0. The maximum atomic E-state index is 6.70. The summed E-state index contributed by atoms with van der Waals surface area (Å²) in [5.74, 6) is 1.87. The second-order valence-electron chi connectivity index (χ2n) is 8.00. The van der Waals surface area contributed by atoms with E-state index in [0.29, 0.717) is 12.2 Å². The molecule has 0 bridgehead atoms. The molecule has 1 unspecified atom stereocenters. The third-order valence-electron chi connectivity index (χ3n) is 6.13. The van der Waals surface area contributed by atoms with E-state index >= 15 is 0 Å². The Bertz CT molecular complexity index is 261. The van der Waals surface area contributed by atoms with E-state index in [-0.39, 0.29) is 0 Å². The molecule has 0 aliphatic heterocycles. The van der Waals surface area contributed by atoms with Gasteiger partial charge in [0.15, 0.2) is 0 Å². The summed E-state index contributed by atoms with van der Waals surface area (Å²) < 4.78 is 6.70. The van der Waals surface area contributed by atoms with Crippen LogP contribution in [0.25, 0.3) is 0 Å². The van der Waals surface area contributed by atoms with Crippen molar-refractivity contribution < 1.29 is 4.74 Å². The maximum Gasteiger partial charge on any atom is 0.0607 e. The summed E-state index contributed by atoms with van der Waals surface area (Å²) in [6, 6.07) is 0. The summed E-state index contributed by atoms with van der Waals surface area (Å²) in [6.45, 7) is 4.64. The third kappa shape index (κ3) is 6.22. The minimum Gasteiger partial charge on any atom is -0.375 e. The van der Waals surface area contributed by atoms with Crippen LogP contribution in [-0.4, -0.2) is 12.2 Å². The molecule has 1 nitrogen and oxygen atoms in total. The van der Waals surface area contributed by atoms with E-state index in [9.17, 15) is 0 Å². The first-order valence-electron chi connectivity index (χ1n) is 10.5. The predicted octanol–water partition coefficient (Wildman–Crippen LogP) is 6.89. The second kappa shape index (κ2) is 10.7. The zero-order valence-corrected chi connectivity index (χ0v) is 15.3. The topological polar surface area (TPSA) is 9.23 Å². The number of hydrogen-bond donors (Lipinski definition) is 0. The van der Waals surface area contributed by atoms with Gasteiger partial charge in [0.2, 0.25) is 0 Å². The van der Waals surface area contributed by atoms with Gasteiger partial charge in [0.05, 0.1) is 12.2 Å². The van der Waals surface area contributed by atoms with Crippen molar-refractivity contribution in [2.75, 3.05) is 0 Å². The van der Waals surface area contributed by atoms with Gasteiger partial charge in [-0.3, -0.25) is 0 Å². The fourth-order valence-corrected chi connectivity index (χ4v) is 4.73. The van der Waals surface area contributed by atoms with Crippen molar-refractivity contribution in [1.29, 1.82) is 0 Å². The van der Waals surface area contributed by atoms with Crippen molar-refractivity contribution in [3.05, 3.63) is 0 Å². The van der Waals surface area contributed by atoms with Crippen molar-refractivity contribution in [1.82, 2.24) is 0 Å². The highest BCUT2D eigenvalue weighted by atomic mass is 16.5. The van der Waals surface area contributed by atoms with Crippen LogP contribution >= 0.6 is 0 Å². The molecule has 0 amide bonds. The molecule has 0 heterocycles. The molecule has 0 aromatic rings. The average Bonchev–Trinajstić information content (AvgIpc) is 2.57. The fourth-order valence-electron chi connectivity index (χ4n) is 4.73. The van der Waals surface area contributed by atoms with Gasteiger partial charge in [0.1, 0.15) is 0 Å². The number of ether oxygens (including phenoxy) is 1. The number of hydrogen-bond acceptors (Lipinski definition) is 1. The van der Waals surface area contributed by atoms with E-state index < -0.39 is 0 Å². The number of rotatable bonds is 9. The van der Waals surface area contributed by atoms with Crippen LogP contribution < -0.4 is 0 Å². The summed E-state index contributed by atoms with van der Waals surface area (Å²) in [7, 11) is 0. The Morgan fingerprint density at radius 2 is 1.55 bits per heavy atom. The van der Waals surface area contributed by atoms with Crippen molar-refractivity contribution in [2.24, 2.45) is 11.8 Å². The van der Waals surface area contributed by atoms with Crippen LogP contribution in [0.4, 0.5) is 0 Å². The Kier molecular flexibility index (Phi) is 8.89. The maximum absolute atomic E-state index is 6.70. The van der Waals surface area contributed by atoms with Gasteiger partial charge < -0.3 is 4.74 Å². The predicted molar refractivity (Wildman–Crippen MR) is 96.2 cm³/mol. The second-order valence-corrected chi connectivity index (χ2v) is 8.00. The Labute approximate surface area is 139 Å². The van der Waals surface area contributed by atoms with Gasteiger partial charge in [-0.05, 0) is 56.8 Å². The summed E-state index contributed by atoms with van der Waals surface area (Å²) in [6.07, 6.45) is 22.1. The Morgan fingerprint density at radius 3 is 2.18 bits per heavy atom. The van der Waals surface area contributed by atoms with E-state index in [2.05, 4.69) is 13.8 Å². The van der Waals surface area contributed by atoms with E-state index in [0.717, 1.165) is 11.8 Å². The Hall–Kier alpha value is -0.0400. The van der Waals surface area contributed by atoms with E-state index in [1.807, 2.05) is 0 Å². The minimum atomic E-state index is 0.583.